The first kappa shape index (κ1) is 26.6. The van der Waals surface area contributed by atoms with E-state index in [4.69, 9.17) is 28.2 Å². The topological polar surface area (TPSA) is 140 Å². The number of H-pyrrole nitrogens is 1. The van der Waals surface area contributed by atoms with Crippen molar-refractivity contribution in [1.82, 2.24) is 35.5 Å². The lowest BCUT2D eigenvalue weighted by atomic mass is 10.1. The number of halogens is 2. The Kier molecular flexibility index (Phi) is 8.08. The molecule has 3 N–H and O–H groups in total. The van der Waals surface area contributed by atoms with Crippen molar-refractivity contribution in [3.8, 4) is 16.9 Å². The third-order valence-electron chi connectivity index (χ3n) is 6.46. The zero-order valence-corrected chi connectivity index (χ0v) is 22.5. The van der Waals surface area contributed by atoms with Crippen molar-refractivity contribution in [2.45, 2.75) is 38.1 Å². The fraction of sp³-hybridized carbons (Fsp3) is 0.308. The van der Waals surface area contributed by atoms with E-state index in [0.29, 0.717) is 39.7 Å². The van der Waals surface area contributed by atoms with Gasteiger partial charge in [-0.2, -0.15) is 0 Å². The number of nitrogens with one attached hydrogen (secondary N) is 3. The number of anilines is 1. The molecular formula is C26H26Cl2N8O3. The highest BCUT2D eigenvalue weighted by Gasteiger charge is 2.29. The van der Waals surface area contributed by atoms with Crippen LogP contribution in [0.3, 0.4) is 0 Å². The lowest BCUT2D eigenvalue weighted by Crippen LogP contribution is -2.30. The van der Waals surface area contributed by atoms with Gasteiger partial charge in [0.25, 0.3) is 0 Å². The van der Waals surface area contributed by atoms with E-state index in [1.165, 1.54) is 13.4 Å². The summed E-state index contributed by atoms with van der Waals surface area (Å²) in [4.78, 5) is 32.4. The second kappa shape index (κ2) is 11.8. The average Bonchev–Trinajstić information content (AvgIpc) is 3.41. The summed E-state index contributed by atoms with van der Waals surface area (Å²) >= 11 is 12.7. The number of methoxy groups -OCH3 is 1. The number of tetrazole rings is 1. The summed E-state index contributed by atoms with van der Waals surface area (Å²) in [5.41, 5.74) is 3.54. The number of carbonyl (C=O) groups excluding carboxylic acids is 2. The zero-order valence-electron chi connectivity index (χ0n) is 21.0. The van der Waals surface area contributed by atoms with Crippen LogP contribution in [0.2, 0.25) is 10.2 Å². The average molecular weight is 569 g/mol. The molecule has 11 nitrogen and oxygen atoms in total. The predicted octanol–water partition coefficient (Wildman–Crippen LogP) is 5.13. The van der Waals surface area contributed by atoms with E-state index in [-0.39, 0.29) is 18.4 Å². The summed E-state index contributed by atoms with van der Waals surface area (Å²) in [6.07, 6.45) is 4.66. The third-order valence-corrected chi connectivity index (χ3v) is 6.97. The fourth-order valence-electron chi connectivity index (χ4n) is 4.30. The molecule has 0 saturated heterocycles. The molecule has 0 aliphatic heterocycles. The smallest absolute Gasteiger partial charge is 0.411 e. The molecule has 0 spiro atoms. The molecule has 2 aromatic carbocycles. The Hall–Kier alpha value is -3.96. The van der Waals surface area contributed by atoms with Crippen molar-refractivity contribution in [3.63, 3.8) is 0 Å². The van der Waals surface area contributed by atoms with E-state index in [1.54, 1.807) is 35.0 Å². The summed E-state index contributed by atoms with van der Waals surface area (Å²) in [6.45, 7) is 0. The summed E-state index contributed by atoms with van der Waals surface area (Å²) in [6, 6.07) is 12.2. The summed E-state index contributed by atoms with van der Waals surface area (Å²) in [5, 5.41) is 18.0. The van der Waals surface area contributed by atoms with Crippen LogP contribution in [0.15, 0.2) is 48.8 Å². The minimum Gasteiger partial charge on any atom is -0.453 e. The van der Waals surface area contributed by atoms with E-state index >= 15 is 0 Å². The Bertz CT molecular complexity index is 1450. The van der Waals surface area contributed by atoms with Crippen molar-refractivity contribution >= 4 is 40.9 Å². The number of ether oxygens (including phenoxy) is 1. The number of hydrogen-bond donors (Lipinski definition) is 3. The maximum absolute atomic E-state index is 13.1. The molecule has 2 amide bonds. The van der Waals surface area contributed by atoms with Gasteiger partial charge in [0.1, 0.15) is 23.0 Å². The number of amides is 2. The van der Waals surface area contributed by atoms with E-state index in [1.807, 2.05) is 12.1 Å². The van der Waals surface area contributed by atoms with Gasteiger partial charge in [0.15, 0.2) is 0 Å². The van der Waals surface area contributed by atoms with E-state index in [9.17, 15) is 9.59 Å². The second-order valence-corrected chi connectivity index (χ2v) is 10.1. The number of rotatable bonds is 10. The SMILES string of the molecule is COC(=O)Nc1ccc(-c2nc(C(CC3CC3)NC(=O)CCc3cc(Cl)ccc3-n3cnnn3)[nH]c2Cl)cc1. The molecule has 2 aromatic heterocycles. The maximum atomic E-state index is 13.1. The number of aromatic nitrogens is 6. The van der Waals surface area contributed by atoms with Gasteiger partial charge in [-0.3, -0.25) is 10.1 Å². The molecule has 5 rings (SSSR count). The van der Waals surface area contributed by atoms with E-state index < -0.39 is 6.09 Å². The van der Waals surface area contributed by atoms with Crippen LogP contribution < -0.4 is 10.6 Å². The fourth-order valence-corrected chi connectivity index (χ4v) is 4.74. The molecule has 1 fully saturated rings. The number of carbonyl (C=O) groups is 2. The molecule has 1 aliphatic carbocycles. The minimum absolute atomic E-state index is 0.115. The van der Waals surface area contributed by atoms with Gasteiger partial charge in [0.2, 0.25) is 5.91 Å². The molecule has 0 bridgehead atoms. The Labute approximate surface area is 234 Å². The molecule has 1 unspecified atom stereocenters. The van der Waals surface area contributed by atoms with Crippen molar-refractivity contribution in [2.24, 2.45) is 5.92 Å². The van der Waals surface area contributed by atoms with E-state index in [0.717, 1.165) is 36.1 Å². The molecule has 202 valence electrons. The van der Waals surface area contributed by atoms with Gasteiger partial charge in [-0.15, -0.1) is 5.10 Å². The monoisotopic (exact) mass is 568 g/mol. The van der Waals surface area contributed by atoms with Gasteiger partial charge in [-0.1, -0.05) is 48.2 Å². The van der Waals surface area contributed by atoms with Crippen LogP contribution in [0.4, 0.5) is 10.5 Å². The third kappa shape index (κ3) is 6.73. The first-order valence-electron chi connectivity index (χ1n) is 12.4. The van der Waals surface area contributed by atoms with Crippen LogP contribution in [0.1, 0.15) is 43.1 Å². The van der Waals surface area contributed by atoms with Crippen LogP contribution in [0.25, 0.3) is 16.9 Å². The number of benzene rings is 2. The largest absolute Gasteiger partial charge is 0.453 e. The van der Waals surface area contributed by atoms with Crippen molar-refractivity contribution < 1.29 is 14.3 Å². The molecule has 2 heterocycles. The molecule has 1 aliphatic rings. The molecule has 0 radical (unpaired) electrons. The van der Waals surface area contributed by atoms with Crippen LogP contribution in [0.5, 0.6) is 0 Å². The molecule has 1 atom stereocenters. The highest BCUT2D eigenvalue weighted by Crippen LogP contribution is 2.38. The molecule has 39 heavy (non-hydrogen) atoms. The second-order valence-electron chi connectivity index (χ2n) is 9.31. The lowest BCUT2D eigenvalue weighted by molar-refractivity contribution is -0.121. The first-order valence-corrected chi connectivity index (χ1v) is 13.2. The van der Waals surface area contributed by atoms with Gasteiger partial charge >= 0.3 is 6.09 Å². The normalized spacial score (nSPS) is 13.6. The number of aryl methyl sites for hydroxylation is 1. The van der Waals surface area contributed by atoms with Gasteiger partial charge in [-0.25, -0.2) is 14.5 Å². The summed E-state index contributed by atoms with van der Waals surface area (Å²) in [7, 11) is 1.30. The molecular weight excluding hydrogens is 543 g/mol. The minimum atomic E-state index is -0.552. The Morgan fingerprint density at radius 1 is 1.18 bits per heavy atom. The van der Waals surface area contributed by atoms with Crippen molar-refractivity contribution in [1.29, 1.82) is 0 Å². The highest BCUT2D eigenvalue weighted by molar-refractivity contribution is 6.32. The lowest BCUT2D eigenvalue weighted by Gasteiger charge is -2.17. The first-order chi connectivity index (χ1) is 18.9. The van der Waals surface area contributed by atoms with Crippen LogP contribution in [-0.4, -0.2) is 49.3 Å². The van der Waals surface area contributed by atoms with Gasteiger partial charge in [0.05, 0.1) is 18.8 Å². The maximum Gasteiger partial charge on any atom is 0.411 e. The van der Waals surface area contributed by atoms with Gasteiger partial charge in [0, 0.05) is 22.7 Å². The molecule has 13 heteroatoms. The van der Waals surface area contributed by atoms with Crippen molar-refractivity contribution in [3.05, 3.63) is 70.4 Å². The molecule has 1 saturated carbocycles. The highest BCUT2D eigenvalue weighted by atomic mass is 35.5. The number of nitrogens with zero attached hydrogens (tertiary/aromatic N) is 5. The van der Waals surface area contributed by atoms with Crippen molar-refractivity contribution in [2.75, 3.05) is 12.4 Å². The van der Waals surface area contributed by atoms with Gasteiger partial charge in [-0.05, 0) is 65.1 Å². The van der Waals surface area contributed by atoms with Gasteiger partial charge < -0.3 is 15.0 Å². The van der Waals surface area contributed by atoms with E-state index in [2.05, 4.69) is 35.9 Å². The Balaban J connectivity index is 1.28. The number of imidazole rings is 1. The summed E-state index contributed by atoms with van der Waals surface area (Å²) in [5.74, 6) is 1.02. The summed E-state index contributed by atoms with van der Waals surface area (Å²) < 4.78 is 6.16. The standard InChI is InChI=1S/C26H26Cl2N8O3/c1-39-26(38)30-19-8-4-16(5-9-19)23-24(28)33-25(32-23)20(12-15-2-3-15)31-22(37)11-6-17-13-18(27)7-10-21(17)36-14-29-34-35-36/h4-5,7-10,13-15,20H,2-3,6,11-12H2,1H3,(H,30,38)(H,31,37)(H,32,33). The van der Waals surface area contributed by atoms with Crippen LogP contribution in [-0.2, 0) is 16.0 Å². The number of aromatic amines is 1. The number of hydrogen-bond acceptors (Lipinski definition) is 7. The van der Waals surface area contributed by atoms with Crippen LogP contribution in [0, 0.1) is 5.92 Å². The predicted molar refractivity (Wildman–Crippen MR) is 146 cm³/mol. The Morgan fingerprint density at radius 3 is 2.67 bits per heavy atom. The quantitative estimate of drug-likeness (QED) is 0.241. The van der Waals surface area contributed by atoms with Crippen LogP contribution >= 0.6 is 23.2 Å². The zero-order chi connectivity index (χ0) is 27.4. The molecule has 4 aromatic rings. The Morgan fingerprint density at radius 2 is 1.97 bits per heavy atom.